The first-order chi connectivity index (χ1) is 13.0. The Labute approximate surface area is 165 Å². The maximum atomic E-state index is 11.4. The van der Waals surface area contributed by atoms with E-state index in [9.17, 15) is 9.90 Å². The van der Waals surface area contributed by atoms with E-state index in [0.717, 1.165) is 17.7 Å². The van der Waals surface area contributed by atoms with Crippen molar-refractivity contribution in [1.29, 1.82) is 0 Å². The summed E-state index contributed by atoms with van der Waals surface area (Å²) >= 11 is 5.92. The maximum absolute atomic E-state index is 11.4. The monoisotopic (exact) mass is 394 g/mol. The van der Waals surface area contributed by atoms with Gasteiger partial charge in [0.25, 0.3) is 0 Å². The third-order valence-corrected chi connectivity index (χ3v) is 4.37. The van der Waals surface area contributed by atoms with Crippen molar-refractivity contribution in [3.63, 3.8) is 0 Å². The molecule has 0 aliphatic carbocycles. The Hall–Kier alpha value is -1.89. The minimum Gasteiger partial charge on any atom is -0.463 e. The minimum atomic E-state index is -0.760. The number of esters is 1. The van der Waals surface area contributed by atoms with E-state index in [1.807, 2.05) is 36.1 Å². The van der Waals surface area contributed by atoms with Gasteiger partial charge in [-0.1, -0.05) is 41.9 Å². The first-order valence-corrected chi connectivity index (χ1v) is 9.55. The molecule has 0 amide bonds. The van der Waals surface area contributed by atoms with E-state index in [1.54, 1.807) is 6.08 Å². The minimum absolute atomic E-state index is 0.00940. The third kappa shape index (κ3) is 7.33. The van der Waals surface area contributed by atoms with Gasteiger partial charge in [-0.15, -0.1) is 6.58 Å². The fraction of sp³-hybridized carbons (Fsp3) is 0.500. The second-order valence-corrected chi connectivity index (χ2v) is 7.01. The van der Waals surface area contributed by atoms with Gasteiger partial charge >= 0.3 is 5.97 Å². The van der Waals surface area contributed by atoms with Gasteiger partial charge in [0.2, 0.25) is 0 Å². The van der Waals surface area contributed by atoms with Gasteiger partial charge in [0, 0.05) is 37.5 Å². The van der Waals surface area contributed by atoms with E-state index >= 15 is 0 Å². The van der Waals surface area contributed by atoms with E-state index in [2.05, 4.69) is 11.7 Å². The van der Waals surface area contributed by atoms with Crippen molar-refractivity contribution in [3.05, 3.63) is 47.5 Å². The Morgan fingerprint density at radius 2 is 2.26 bits per heavy atom. The molecule has 1 aromatic rings. The quantitative estimate of drug-likeness (QED) is 0.461. The largest absolute Gasteiger partial charge is 0.463 e. The number of aliphatic hydroxyl groups is 1. The van der Waals surface area contributed by atoms with Crippen LogP contribution < -0.4 is 0 Å². The predicted octanol–water partition coefficient (Wildman–Crippen LogP) is 3.03. The van der Waals surface area contributed by atoms with Crippen molar-refractivity contribution in [2.45, 2.75) is 38.4 Å². The van der Waals surface area contributed by atoms with Crippen molar-refractivity contribution < 1.29 is 19.5 Å². The van der Waals surface area contributed by atoms with Crippen LogP contribution in [-0.2, 0) is 14.4 Å². The van der Waals surface area contributed by atoms with E-state index < -0.39 is 6.10 Å². The summed E-state index contributed by atoms with van der Waals surface area (Å²) in [6, 6.07) is 7.49. The fourth-order valence-corrected chi connectivity index (χ4v) is 2.98. The van der Waals surface area contributed by atoms with E-state index in [4.69, 9.17) is 21.2 Å². The molecular formula is C20H27ClN2O4. The van der Waals surface area contributed by atoms with Crippen molar-refractivity contribution in [2.75, 3.05) is 26.2 Å². The number of carbonyl (C=O) groups excluding carboxylic acids is 1. The van der Waals surface area contributed by atoms with Crippen LogP contribution in [0.4, 0.5) is 0 Å². The summed E-state index contributed by atoms with van der Waals surface area (Å²) in [5, 5.41) is 15.0. The van der Waals surface area contributed by atoms with Gasteiger partial charge in [-0.2, -0.15) is 0 Å². The zero-order valence-electron chi connectivity index (χ0n) is 15.6. The summed E-state index contributed by atoms with van der Waals surface area (Å²) in [7, 11) is 0. The molecule has 1 heterocycles. The van der Waals surface area contributed by atoms with Crippen molar-refractivity contribution in [1.82, 2.24) is 4.90 Å². The molecule has 0 spiro atoms. The van der Waals surface area contributed by atoms with Crippen LogP contribution in [-0.4, -0.2) is 60.1 Å². The first-order valence-electron chi connectivity index (χ1n) is 9.17. The average Bonchev–Trinajstić information content (AvgIpc) is 3.09. The molecule has 0 aromatic heterocycles. The number of aliphatic hydroxyl groups excluding tert-OH is 1. The number of rotatable bonds is 11. The van der Waals surface area contributed by atoms with Gasteiger partial charge in [0.1, 0.15) is 18.8 Å². The molecule has 27 heavy (non-hydrogen) atoms. The molecule has 2 atom stereocenters. The fourth-order valence-electron chi connectivity index (χ4n) is 2.85. The van der Waals surface area contributed by atoms with Gasteiger partial charge in [0.05, 0.1) is 5.71 Å². The van der Waals surface area contributed by atoms with Crippen LogP contribution in [0.15, 0.2) is 42.1 Å². The standard InChI is InChI=1S/C20H27ClN2O4/c1-3-5-20(25)26-14-17(24)12-23(10-4-2)13-18-11-19(22-27-18)15-6-8-16(21)9-7-15/h4,6-9,17-18,24H,2-3,5,10-14H2,1H3/t17-,18-/m1/s1. The van der Waals surface area contributed by atoms with E-state index in [-0.39, 0.29) is 18.7 Å². The van der Waals surface area contributed by atoms with Crippen LogP contribution in [0.2, 0.25) is 5.02 Å². The molecule has 7 heteroatoms. The Morgan fingerprint density at radius 3 is 2.93 bits per heavy atom. The normalized spacial score (nSPS) is 17.3. The Morgan fingerprint density at radius 1 is 1.52 bits per heavy atom. The highest BCUT2D eigenvalue weighted by atomic mass is 35.5. The third-order valence-electron chi connectivity index (χ3n) is 4.12. The lowest BCUT2D eigenvalue weighted by Gasteiger charge is -2.25. The molecule has 2 rings (SSSR count). The number of hydrogen-bond acceptors (Lipinski definition) is 6. The summed E-state index contributed by atoms with van der Waals surface area (Å²) in [4.78, 5) is 19.0. The van der Waals surface area contributed by atoms with Gasteiger partial charge < -0.3 is 14.7 Å². The number of ether oxygens (including phenoxy) is 1. The molecule has 1 aliphatic heterocycles. The van der Waals surface area contributed by atoms with Crippen LogP contribution in [0, 0.1) is 0 Å². The molecule has 148 valence electrons. The molecule has 0 radical (unpaired) electrons. The second kappa shape index (κ2) is 11.1. The average molecular weight is 395 g/mol. The van der Waals surface area contributed by atoms with Crippen LogP contribution >= 0.6 is 11.6 Å². The first kappa shape index (κ1) is 21.4. The molecule has 1 aromatic carbocycles. The van der Waals surface area contributed by atoms with Crippen molar-refractivity contribution in [2.24, 2.45) is 5.16 Å². The predicted molar refractivity (Wildman–Crippen MR) is 106 cm³/mol. The summed E-state index contributed by atoms with van der Waals surface area (Å²) < 4.78 is 5.07. The van der Waals surface area contributed by atoms with Crippen molar-refractivity contribution >= 4 is 23.3 Å². The summed E-state index contributed by atoms with van der Waals surface area (Å²) in [5.41, 5.74) is 1.87. The van der Waals surface area contributed by atoms with Crippen LogP contribution in [0.3, 0.4) is 0 Å². The highest BCUT2D eigenvalue weighted by molar-refractivity contribution is 6.30. The summed E-state index contributed by atoms with van der Waals surface area (Å²) in [6.07, 6.45) is 2.67. The van der Waals surface area contributed by atoms with Crippen molar-refractivity contribution in [3.8, 4) is 0 Å². The molecule has 0 fully saturated rings. The lowest BCUT2D eigenvalue weighted by molar-refractivity contribution is -0.147. The SMILES string of the molecule is C=CCN(C[C@@H](O)COC(=O)CCC)C[C@H]1CC(c2ccc(Cl)cc2)=NO1. The van der Waals surface area contributed by atoms with Crippen LogP contribution in [0.5, 0.6) is 0 Å². The van der Waals surface area contributed by atoms with E-state index in [0.29, 0.717) is 37.5 Å². The molecule has 1 aliphatic rings. The molecular weight excluding hydrogens is 368 g/mol. The number of carbonyl (C=O) groups is 1. The number of halogens is 1. The van der Waals surface area contributed by atoms with Gasteiger partial charge in [-0.3, -0.25) is 9.69 Å². The molecule has 0 saturated carbocycles. The van der Waals surface area contributed by atoms with Gasteiger partial charge in [0.15, 0.2) is 0 Å². The number of nitrogens with zero attached hydrogens (tertiary/aromatic N) is 2. The topological polar surface area (TPSA) is 71.4 Å². The van der Waals surface area contributed by atoms with Gasteiger partial charge in [-0.05, 0) is 24.1 Å². The number of benzene rings is 1. The zero-order valence-corrected chi connectivity index (χ0v) is 16.4. The lowest BCUT2D eigenvalue weighted by Crippen LogP contribution is -2.40. The second-order valence-electron chi connectivity index (χ2n) is 6.57. The summed E-state index contributed by atoms with van der Waals surface area (Å²) in [6.45, 7) is 7.21. The van der Waals surface area contributed by atoms with Crippen LogP contribution in [0.25, 0.3) is 0 Å². The number of hydrogen-bond donors (Lipinski definition) is 1. The highest BCUT2D eigenvalue weighted by Gasteiger charge is 2.25. The maximum Gasteiger partial charge on any atom is 0.305 e. The smallest absolute Gasteiger partial charge is 0.305 e. The Bertz CT molecular complexity index is 648. The molecule has 0 bridgehead atoms. The highest BCUT2D eigenvalue weighted by Crippen LogP contribution is 2.19. The molecule has 1 N–H and O–H groups in total. The van der Waals surface area contributed by atoms with E-state index in [1.165, 1.54) is 0 Å². The molecule has 0 saturated heterocycles. The Kier molecular flexibility index (Phi) is 8.78. The molecule has 6 nitrogen and oxygen atoms in total. The lowest BCUT2D eigenvalue weighted by atomic mass is 10.0. The van der Waals surface area contributed by atoms with Gasteiger partial charge in [-0.25, -0.2) is 0 Å². The Balaban J connectivity index is 1.81. The van der Waals surface area contributed by atoms with Crippen LogP contribution in [0.1, 0.15) is 31.7 Å². The zero-order chi connectivity index (χ0) is 19.6. The number of oxime groups is 1. The summed E-state index contributed by atoms with van der Waals surface area (Å²) in [5.74, 6) is -0.285. The molecule has 0 unspecified atom stereocenters.